The maximum absolute atomic E-state index is 13.1. The van der Waals surface area contributed by atoms with Crippen molar-refractivity contribution in [1.82, 2.24) is 14.8 Å². The van der Waals surface area contributed by atoms with Crippen LogP contribution in [0, 0.1) is 0 Å². The van der Waals surface area contributed by atoms with Gasteiger partial charge in [0.1, 0.15) is 4.88 Å². The van der Waals surface area contributed by atoms with Gasteiger partial charge in [0.05, 0.1) is 11.1 Å². The molecule has 0 spiro atoms. The highest BCUT2D eigenvalue weighted by Crippen LogP contribution is 2.29. The number of hydroxylamine groups is 1. The van der Waals surface area contributed by atoms with E-state index in [4.69, 9.17) is 16.8 Å². The Bertz CT molecular complexity index is 1190. The number of sulfonamides is 1. The monoisotopic (exact) mass is 478 g/mol. The molecule has 162 valence electrons. The molecule has 0 atom stereocenters. The number of thiazole rings is 1. The molecule has 2 aromatic carbocycles. The molecule has 2 heterocycles. The lowest BCUT2D eigenvalue weighted by atomic mass is 10.1. The van der Waals surface area contributed by atoms with E-state index < -0.39 is 15.9 Å². The minimum atomic E-state index is -3.63. The molecule has 1 saturated heterocycles. The second kappa shape index (κ2) is 8.93. The fourth-order valence-electron chi connectivity index (χ4n) is 3.34. The number of hydrogen-bond acceptors (Lipinski definition) is 7. The third kappa shape index (κ3) is 4.43. The molecule has 2 N–H and O–H groups in total. The van der Waals surface area contributed by atoms with Gasteiger partial charge in [0.2, 0.25) is 10.0 Å². The van der Waals surface area contributed by atoms with Gasteiger partial charge in [-0.05, 0) is 23.8 Å². The predicted molar refractivity (Wildman–Crippen MR) is 119 cm³/mol. The van der Waals surface area contributed by atoms with Gasteiger partial charge in [-0.15, -0.1) is 0 Å². The fraction of sp³-hybridized carbons (Fsp3) is 0.200. The zero-order chi connectivity index (χ0) is 22.0. The Morgan fingerprint density at radius 2 is 1.74 bits per heavy atom. The van der Waals surface area contributed by atoms with Gasteiger partial charge in [-0.1, -0.05) is 53.3 Å². The van der Waals surface area contributed by atoms with E-state index in [9.17, 15) is 13.2 Å². The molecule has 0 bridgehead atoms. The van der Waals surface area contributed by atoms with Crippen LogP contribution in [0.25, 0.3) is 11.1 Å². The summed E-state index contributed by atoms with van der Waals surface area (Å²) in [5.41, 5.74) is 3.27. The standard InChI is InChI=1S/C20H19ClN4O4S2/c21-17-4-2-1-3-16(17)14-5-7-15(8-6-14)31(28,29)25-11-9-24(10-12-25)20-22-13-18(30-20)19(26)23-27/h1-8,13,27H,9-12H2,(H,23,26). The van der Waals surface area contributed by atoms with Crippen LogP contribution in [0.15, 0.2) is 59.6 Å². The van der Waals surface area contributed by atoms with Crippen LogP contribution in [-0.2, 0) is 10.0 Å². The Kier molecular flexibility index (Phi) is 6.26. The number of carbonyl (C=O) groups excluding carboxylic acids is 1. The summed E-state index contributed by atoms with van der Waals surface area (Å²) in [4.78, 5) is 18.1. The van der Waals surface area contributed by atoms with Gasteiger partial charge >= 0.3 is 0 Å². The molecule has 8 nitrogen and oxygen atoms in total. The summed E-state index contributed by atoms with van der Waals surface area (Å²) in [6.45, 7) is 1.50. The number of benzene rings is 2. The number of carbonyl (C=O) groups is 1. The van der Waals surface area contributed by atoms with Gasteiger partial charge < -0.3 is 4.90 Å². The summed E-state index contributed by atoms with van der Waals surface area (Å²) in [5, 5.41) is 9.94. The molecule has 0 saturated carbocycles. The maximum Gasteiger partial charge on any atom is 0.286 e. The Labute approximate surface area is 188 Å². The molecule has 1 amide bonds. The lowest BCUT2D eigenvalue weighted by Crippen LogP contribution is -2.48. The highest BCUT2D eigenvalue weighted by atomic mass is 35.5. The van der Waals surface area contributed by atoms with E-state index in [1.54, 1.807) is 35.8 Å². The summed E-state index contributed by atoms with van der Waals surface area (Å²) in [5.74, 6) is -0.620. The van der Waals surface area contributed by atoms with E-state index in [-0.39, 0.29) is 9.77 Å². The summed E-state index contributed by atoms with van der Waals surface area (Å²) in [6.07, 6.45) is 1.38. The average Bonchev–Trinajstić information content (AvgIpc) is 3.29. The summed E-state index contributed by atoms with van der Waals surface area (Å²) < 4.78 is 27.6. The Hall–Kier alpha value is -2.50. The lowest BCUT2D eigenvalue weighted by molar-refractivity contribution is 0.0710. The third-order valence-electron chi connectivity index (χ3n) is 5.00. The molecule has 0 aliphatic carbocycles. The van der Waals surface area contributed by atoms with Crippen LogP contribution < -0.4 is 10.4 Å². The zero-order valence-corrected chi connectivity index (χ0v) is 18.6. The van der Waals surface area contributed by atoms with Crippen molar-refractivity contribution in [3.05, 3.63) is 64.6 Å². The normalized spacial score (nSPS) is 15.1. The SMILES string of the molecule is O=C(NO)c1cnc(N2CCN(S(=O)(=O)c3ccc(-c4ccccc4Cl)cc3)CC2)s1. The highest BCUT2D eigenvalue weighted by molar-refractivity contribution is 7.89. The molecule has 0 unspecified atom stereocenters. The quantitative estimate of drug-likeness (QED) is 0.431. The minimum Gasteiger partial charge on any atom is -0.345 e. The Morgan fingerprint density at radius 1 is 1.06 bits per heavy atom. The second-order valence-electron chi connectivity index (χ2n) is 6.84. The summed E-state index contributed by atoms with van der Waals surface area (Å²) in [6, 6.07) is 14.1. The van der Waals surface area contributed by atoms with Gasteiger partial charge in [0.25, 0.3) is 5.91 Å². The van der Waals surface area contributed by atoms with Crippen molar-refractivity contribution < 1.29 is 18.4 Å². The first kappa shape index (κ1) is 21.7. The van der Waals surface area contributed by atoms with Crippen LogP contribution in [0.1, 0.15) is 9.67 Å². The average molecular weight is 479 g/mol. The van der Waals surface area contributed by atoms with Crippen molar-refractivity contribution in [3.63, 3.8) is 0 Å². The van der Waals surface area contributed by atoms with E-state index in [0.29, 0.717) is 36.3 Å². The van der Waals surface area contributed by atoms with Crippen molar-refractivity contribution in [3.8, 4) is 11.1 Å². The van der Waals surface area contributed by atoms with Crippen LogP contribution in [-0.4, -0.2) is 55.0 Å². The van der Waals surface area contributed by atoms with Crippen LogP contribution in [0.2, 0.25) is 5.02 Å². The van der Waals surface area contributed by atoms with E-state index in [0.717, 1.165) is 22.5 Å². The number of rotatable bonds is 5. The fourth-order valence-corrected chi connectivity index (χ4v) is 5.87. The van der Waals surface area contributed by atoms with Gasteiger partial charge in [0.15, 0.2) is 5.13 Å². The van der Waals surface area contributed by atoms with E-state index in [2.05, 4.69) is 4.98 Å². The zero-order valence-electron chi connectivity index (χ0n) is 16.2. The van der Waals surface area contributed by atoms with Crippen LogP contribution in [0.5, 0.6) is 0 Å². The summed E-state index contributed by atoms with van der Waals surface area (Å²) >= 11 is 7.37. The molecule has 11 heteroatoms. The van der Waals surface area contributed by atoms with Crippen molar-refractivity contribution in [2.24, 2.45) is 0 Å². The van der Waals surface area contributed by atoms with Crippen LogP contribution in [0.3, 0.4) is 0 Å². The number of aromatic nitrogens is 1. The van der Waals surface area contributed by atoms with Gasteiger partial charge in [-0.2, -0.15) is 4.31 Å². The minimum absolute atomic E-state index is 0.230. The maximum atomic E-state index is 13.1. The molecule has 3 aromatic rings. The molecule has 1 aromatic heterocycles. The Morgan fingerprint density at radius 3 is 2.39 bits per heavy atom. The van der Waals surface area contributed by atoms with Gasteiger partial charge in [-0.25, -0.2) is 18.9 Å². The van der Waals surface area contributed by atoms with Crippen LogP contribution in [0.4, 0.5) is 5.13 Å². The molecular formula is C20H19ClN4O4S2. The first-order valence-electron chi connectivity index (χ1n) is 9.40. The molecular weight excluding hydrogens is 460 g/mol. The van der Waals surface area contributed by atoms with E-state index >= 15 is 0 Å². The topological polar surface area (TPSA) is 103 Å². The molecule has 1 aliphatic heterocycles. The highest BCUT2D eigenvalue weighted by Gasteiger charge is 2.29. The largest absolute Gasteiger partial charge is 0.345 e. The third-order valence-corrected chi connectivity index (χ3v) is 8.30. The first-order valence-corrected chi connectivity index (χ1v) is 12.0. The van der Waals surface area contributed by atoms with E-state index in [1.807, 2.05) is 23.1 Å². The number of halogens is 1. The number of anilines is 1. The van der Waals surface area contributed by atoms with Crippen molar-refractivity contribution in [2.75, 3.05) is 31.1 Å². The van der Waals surface area contributed by atoms with Gasteiger partial charge in [-0.3, -0.25) is 10.0 Å². The lowest BCUT2D eigenvalue weighted by Gasteiger charge is -2.33. The van der Waals surface area contributed by atoms with Crippen LogP contribution >= 0.6 is 22.9 Å². The second-order valence-corrected chi connectivity index (χ2v) is 10.2. The van der Waals surface area contributed by atoms with Crippen molar-refractivity contribution >= 4 is 44.0 Å². The number of piperazine rings is 1. The molecule has 1 fully saturated rings. The molecule has 31 heavy (non-hydrogen) atoms. The number of amides is 1. The smallest absolute Gasteiger partial charge is 0.286 e. The predicted octanol–water partition coefficient (Wildman–Crippen LogP) is 3.09. The molecule has 0 radical (unpaired) electrons. The molecule has 1 aliphatic rings. The van der Waals surface area contributed by atoms with Gasteiger partial charge in [0, 0.05) is 36.8 Å². The number of nitrogens with one attached hydrogen (secondary N) is 1. The van der Waals surface area contributed by atoms with Crippen molar-refractivity contribution in [2.45, 2.75) is 4.90 Å². The summed E-state index contributed by atoms with van der Waals surface area (Å²) in [7, 11) is -3.63. The Balaban J connectivity index is 1.45. The first-order chi connectivity index (χ1) is 14.9. The number of hydrogen-bond donors (Lipinski definition) is 2. The van der Waals surface area contributed by atoms with Crippen molar-refractivity contribution in [1.29, 1.82) is 0 Å². The van der Waals surface area contributed by atoms with E-state index in [1.165, 1.54) is 10.5 Å². The number of nitrogens with zero attached hydrogens (tertiary/aromatic N) is 3. The molecule has 4 rings (SSSR count).